The van der Waals surface area contributed by atoms with Crippen molar-refractivity contribution in [3.63, 3.8) is 0 Å². The van der Waals surface area contributed by atoms with E-state index >= 15 is 0 Å². The zero-order chi connectivity index (χ0) is 9.97. The summed E-state index contributed by atoms with van der Waals surface area (Å²) in [6.45, 7) is 0. The van der Waals surface area contributed by atoms with Crippen molar-refractivity contribution < 1.29 is 4.79 Å². The van der Waals surface area contributed by atoms with Gasteiger partial charge in [-0.25, -0.2) is 14.8 Å². The minimum Gasteiger partial charge on any atom is -0.351 e. The molecule has 70 valence electrons. The van der Waals surface area contributed by atoms with Gasteiger partial charge in [-0.3, -0.25) is 10.3 Å². The van der Waals surface area contributed by atoms with Gasteiger partial charge in [0.25, 0.3) is 0 Å². The molecule has 0 aliphatic rings. The third kappa shape index (κ3) is 1.58. The number of primary amides is 1. The van der Waals surface area contributed by atoms with Crippen LogP contribution in [0.1, 0.15) is 0 Å². The van der Waals surface area contributed by atoms with Crippen molar-refractivity contribution in [3.05, 3.63) is 24.5 Å². The summed E-state index contributed by atoms with van der Waals surface area (Å²) < 4.78 is 0. The number of rotatable bonds is 1. The summed E-state index contributed by atoms with van der Waals surface area (Å²) in [6.07, 6.45) is 3.17. The first-order valence-corrected chi connectivity index (χ1v) is 3.90. The Labute approximate surface area is 79.2 Å². The molecule has 2 aromatic rings. The van der Waals surface area contributed by atoms with Crippen LogP contribution in [0.15, 0.2) is 24.5 Å². The molecule has 2 aromatic heterocycles. The first-order chi connectivity index (χ1) is 6.75. The van der Waals surface area contributed by atoms with E-state index in [1.807, 2.05) is 0 Å². The van der Waals surface area contributed by atoms with Gasteiger partial charge in [-0.1, -0.05) is 0 Å². The number of fused-ring (bicyclic) bond motifs is 1. The van der Waals surface area contributed by atoms with Gasteiger partial charge < -0.3 is 5.73 Å². The quantitative estimate of drug-likeness (QED) is 0.683. The van der Waals surface area contributed by atoms with Crippen LogP contribution in [0, 0.1) is 0 Å². The molecule has 3 N–H and O–H groups in total. The maximum atomic E-state index is 10.5. The SMILES string of the molecule is NC(=O)Nc1ncc2ncccc2n1. The standard InChI is InChI=1S/C8H7N5O/c9-7(14)13-8-11-4-6-5(12-8)2-1-3-10-6/h1-4H,(H3,9,11,12,13,14). The smallest absolute Gasteiger partial charge is 0.319 e. The van der Waals surface area contributed by atoms with Gasteiger partial charge in [0.05, 0.1) is 11.7 Å². The van der Waals surface area contributed by atoms with Crippen LogP contribution in [0.5, 0.6) is 0 Å². The molecule has 6 heteroatoms. The number of nitrogens with two attached hydrogens (primary N) is 1. The summed E-state index contributed by atoms with van der Waals surface area (Å²) in [5, 5.41) is 2.29. The zero-order valence-electron chi connectivity index (χ0n) is 7.14. The highest BCUT2D eigenvalue weighted by atomic mass is 16.2. The van der Waals surface area contributed by atoms with Crippen molar-refractivity contribution >= 4 is 23.0 Å². The second-order valence-electron chi connectivity index (χ2n) is 2.59. The van der Waals surface area contributed by atoms with Gasteiger partial charge in [0.1, 0.15) is 5.52 Å². The number of urea groups is 1. The Bertz CT molecular complexity index is 484. The van der Waals surface area contributed by atoms with Gasteiger partial charge in [-0.15, -0.1) is 0 Å². The molecule has 0 radical (unpaired) electrons. The second kappa shape index (κ2) is 3.25. The number of anilines is 1. The van der Waals surface area contributed by atoms with E-state index in [2.05, 4.69) is 20.3 Å². The number of aromatic nitrogens is 3. The molecular weight excluding hydrogens is 182 g/mol. The molecule has 0 atom stereocenters. The number of hydrogen-bond donors (Lipinski definition) is 2. The Morgan fingerprint density at radius 2 is 2.21 bits per heavy atom. The second-order valence-corrected chi connectivity index (χ2v) is 2.59. The van der Waals surface area contributed by atoms with E-state index in [0.29, 0.717) is 11.0 Å². The normalized spacial score (nSPS) is 10.0. The summed E-state index contributed by atoms with van der Waals surface area (Å²) in [6, 6.07) is 2.84. The van der Waals surface area contributed by atoms with Gasteiger partial charge in [0, 0.05) is 6.20 Å². The van der Waals surface area contributed by atoms with Gasteiger partial charge in [0.15, 0.2) is 0 Å². The topological polar surface area (TPSA) is 93.8 Å². The van der Waals surface area contributed by atoms with Crippen LogP contribution in [0.3, 0.4) is 0 Å². The van der Waals surface area contributed by atoms with Crippen LogP contribution in [-0.4, -0.2) is 21.0 Å². The van der Waals surface area contributed by atoms with Crippen LogP contribution in [0.4, 0.5) is 10.7 Å². The third-order valence-corrected chi connectivity index (χ3v) is 1.59. The summed E-state index contributed by atoms with van der Waals surface area (Å²) in [7, 11) is 0. The van der Waals surface area contributed by atoms with E-state index < -0.39 is 6.03 Å². The molecule has 0 bridgehead atoms. The fourth-order valence-corrected chi connectivity index (χ4v) is 1.04. The maximum absolute atomic E-state index is 10.5. The Hall–Kier alpha value is -2.24. The number of carbonyl (C=O) groups excluding carboxylic acids is 1. The van der Waals surface area contributed by atoms with Crippen molar-refractivity contribution in [1.29, 1.82) is 0 Å². The number of nitrogens with zero attached hydrogens (tertiary/aromatic N) is 3. The fourth-order valence-electron chi connectivity index (χ4n) is 1.04. The average molecular weight is 189 g/mol. The monoisotopic (exact) mass is 189 g/mol. The van der Waals surface area contributed by atoms with E-state index in [0.717, 1.165) is 0 Å². The van der Waals surface area contributed by atoms with Crippen LogP contribution < -0.4 is 11.1 Å². The van der Waals surface area contributed by atoms with E-state index in [9.17, 15) is 4.79 Å². The lowest BCUT2D eigenvalue weighted by Gasteiger charge is -2.00. The van der Waals surface area contributed by atoms with Gasteiger partial charge in [0.2, 0.25) is 5.95 Å². The molecule has 6 nitrogen and oxygen atoms in total. The number of pyridine rings is 1. The lowest BCUT2D eigenvalue weighted by Crippen LogP contribution is -2.20. The minimum atomic E-state index is -0.687. The molecule has 0 saturated heterocycles. The van der Waals surface area contributed by atoms with Crippen molar-refractivity contribution in [1.82, 2.24) is 15.0 Å². The molecule has 14 heavy (non-hydrogen) atoms. The van der Waals surface area contributed by atoms with Crippen LogP contribution in [0.2, 0.25) is 0 Å². The highest BCUT2D eigenvalue weighted by Gasteiger charge is 2.01. The summed E-state index contributed by atoms with van der Waals surface area (Å²) in [5.74, 6) is 0.179. The summed E-state index contributed by atoms with van der Waals surface area (Å²) in [5.41, 5.74) is 6.25. The molecule has 0 fully saturated rings. The third-order valence-electron chi connectivity index (χ3n) is 1.59. The summed E-state index contributed by atoms with van der Waals surface area (Å²) in [4.78, 5) is 22.4. The lowest BCUT2D eigenvalue weighted by molar-refractivity contribution is 0.259. The molecule has 0 aliphatic heterocycles. The summed E-state index contributed by atoms with van der Waals surface area (Å²) >= 11 is 0. The predicted octanol–water partition coefficient (Wildman–Crippen LogP) is 0.515. The largest absolute Gasteiger partial charge is 0.351 e. The van der Waals surface area contributed by atoms with Gasteiger partial charge >= 0.3 is 6.03 Å². The first-order valence-electron chi connectivity index (χ1n) is 3.90. The highest BCUT2D eigenvalue weighted by molar-refractivity contribution is 5.86. The number of hydrogen-bond acceptors (Lipinski definition) is 4. The molecule has 0 saturated carbocycles. The zero-order valence-corrected chi connectivity index (χ0v) is 7.14. The predicted molar refractivity (Wildman–Crippen MR) is 50.5 cm³/mol. The van der Waals surface area contributed by atoms with Crippen LogP contribution in [-0.2, 0) is 0 Å². The van der Waals surface area contributed by atoms with Crippen molar-refractivity contribution in [2.75, 3.05) is 5.32 Å². The van der Waals surface area contributed by atoms with Gasteiger partial charge in [-0.2, -0.15) is 0 Å². The lowest BCUT2D eigenvalue weighted by atomic mass is 10.4. The molecule has 2 rings (SSSR count). The fraction of sp³-hybridized carbons (Fsp3) is 0. The number of carbonyl (C=O) groups is 1. The van der Waals surface area contributed by atoms with Crippen LogP contribution >= 0.6 is 0 Å². The molecule has 0 unspecified atom stereocenters. The first kappa shape index (κ1) is 8.36. The highest BCUT2D eigenvalue weighted by Crippen LogP contribution is 2.08. The van der Waals surface area contributed by atoms with E-state index in [-0.39, 0.29) is 5.95 Å². The number of amides is 2. The van der Waals surface area contributed by atoms with E-state index in [4.69, 9.17) is 5.73 Å². The minimum absolute atomic E-state index is 0.179. The Morgan fingerprint density at radius 1 is 1.36 bits per heavy atom. The molecule has 2 heterocycles. The van der Waals surface area contributed by atoms with Crippen molar-refractivity contribution in [2.45, 2.75) is 0 Å². The van der Waals surface area contributed by atoms with Gasteiger partial charge in [-0.05, 0) is 12.1 Å². The molecule has 0 aromatic carbocycles. The van der Waals surface area contributed by atoms with Crippen molar-refractivity contribution in [3.8, 4) is 0 Å². The molecule has 2 amide bonds. The Balaban J connectivity index is 2.46. The Kier molecular flexibility index (Phi) is 1.94. The molecule has 0 spiro atoms. The van der Waals surface area contributed by atoms with E-state index in [1.54, 1.807) is 18.3 Å². The molecular formula is C8H7N5O. The van der Waals surface area contributed by atoms with Crippen LogP contribution in [0.25, 0.3) is 11.0 Å². The average Bonchev–Trinajstić information content (AvgIpc) is 2.17. The Morgan fingerprint density at radius 3 is 3.00 bits per heavy atom. The number of nitrogens with one attached hydrogen (secondary N) is 1. The van der Waals surface area contributed by atoms with E-state index in [1.165, 1.54) is 6.20 Å². The molecule has 0 aliphatic carbocycles. The maximum Gasteiger partial charge on any atom is 0.319 e. The van der Waals surface area contributed by atoms with Crippen molar-refractivity contribution in [2.24, 2.45) is 5.73 Å².